The van der Waals surface area contributed by atoms with E-state index in [2.05, 4.69) is 43.1 Å². The number of aryl methyl sites for hydroxylation is 1. The summed E-state index contributed by atoms with van der Waals surface area (Å²) in [6.07, 6.45) is 1.02. The normalized spacial score (nSPS) is 10.8. The minimum Gasteiger partial charge on any atom is -0.337 e. The van der Waals surface area contributed by atoms with Crippen molar-refractivity contribution >= 4 is 22.3 Å². The molecule has 22 heavy (non-hydrogen) atoms. The maximum absolute atomic E-state index is 12.4. The highest BCUT2D eigenvalue weighted by atomic mass is 16.1. The van der Waals surface area contributed by atoms with E-state index in [1.54, 1.807) is 0 Å². The predicted molar refractivity (Wildman–Crippen MR) is 93.1 cm³/mol. The van der Waals surface area contributed by atoms with Crippen molar-refractivity contribution in [3.05, 3.63) is 70.5 Å². The van der Waals surface area contributed by atoms with Gasteiger partial charge in [0.15, 0.2) is 0 Å². The first-order valence-corrected chi connectivity index (χ1v) is 7.71. The molecule has 0 saturated heterocycles. The number of benzene rings is 2. The Bertz CT molecular complexity index is 834. The third-order valence-electron chi connectivity index (χ3n) is 4.00. The maximum Gasteiger partial charge on any atom is 0.272 e. The molecule has 3 aromatic rings. The highest BCUT2D eigenvalue weighted by Crippen LogP contribution is 2.24. The second-order valence-corrected chi connectivity index (χ2v) is 5.34. The molecular formula is C19H20N2O. The first-order chi connectivity index (χ1) is 10.7. The van der Waals surface area contributed by atoms with Crippen LogP contribution in [0.2, 0.25) is 0 Å². The van der Waals surface area contributed by atoms with Gasteiger partial charge in [0.05, 0.1) is 0 Å². The molecule has 0 fully saturated rings. The molecule has 0 aliphatic heterocycles. The topological polar surface area (TPSA) is 36.1 Å². The largest absolute Gasteiger partial charge is 0.337 e. The van der Waals surface area contributed by atoms with Crippen LogP contribution in [0.5, 0.6) is 0 Å². The maximum atomic E-state index is 12.4. The smallest absolute Gasteiger partial charge is 0.272 e. The molecule has 3 nitrogen and oxygen atoms in total. The van der Waals surface area contributed by atoms with Crippen molar-refractivity contribution < 1.29 is 0 Å². The van der Waals surface area contributed by atoms with E-state index in [0.29, 0.717) is 5.69 Å². The zero-order valence-corrected chi connectivity index (χ0v) is 13.0. The van der Waals surface area contributed by atoms with Gasteiger partial charge >= 0.3 is 0 Å². The van der Waals surface area contributed by atoms with Gasteiger partial charge in [-0.1, -0.05) is 37.3 Å². The van der Waals surface area contributed by atoms with E-state index < -0.39 is 0 Å². The number of rotatable bonds is 4. The van der Waals surface area contributed by atoms with E-state index in [1.165, 1.54) is 5.56 Å². The number of nitrogens with one attached hydrogen (secondary N) is 1. The van der Waals surface area contributed by atoms with Gasteiger partial charge in [-0.3, -0.25) is 4.79 Å². The molecule has 1 heterocycles. The second-order valence-electron chi connectivity index (χ2n) is 5.34. The van der Waals surface area contributed by atoms with E-state index in [1.807, 2.05) is 35.2 Å². The number of para-hydroxylation sites is 1. The highest BCUT2D eigenvalue weighted by Gasteiger charge is 2.12. The van der Waals surface area contributed by atoms with Gasteiger partial charge in [-0.2, -0.15) is 0 Å². The van der Waals surface area contributed by atoms with Crippen molar-refractivity contribution in [2.24, 2.45) is 0 Å². The number of H-pyrrole nitrogens is 1. The summed E-state index contributed by atoms with van der Waals surface area (Å²) in [6, 6.07) is 18.2. The van der Waals surface area contributed by atoms with Gasteiger partial charge in [0.25, 0.3) is 5.56 Å². The lowest BCUT2D eigenvalue weighted by Gasteiger charge is -2.23. The van der Waals surface area contributed by atoms with Gasteiger partial charge in [0, 0.05) is 23.1 Å². The van der Waals surface area contributed by atoms with Crippen LogP contribution in [0.15, 0.2) is 59.4 Å². The Balaban J connectivity index is 2.09. The van der Waals surface area contributed by atoms with Crippen molar-refractivity contribution in [1.29, 1.82) is 0 Å². The van der Waals surface area contributed by atoms with E-state index >= 15 is 0 Å². The predicted octanol–water partition coefficient (Wildman–Crippen LogP) is 4.25. The molecule has 0 spiro atoms. The highest BCUT2D eigenvalue weighted by molar-refractivity contribution is 5.82. The molecule has 0 aliphatic carbocycles. The summed E-state index contributed by atoms with van der Waals surface area (Å²) in [7, 11) is 0. The first kappa shape index (κ1) is 14.4. The number of nitrogens with zero attached hydrogens (tertiary/aromatic N) is 1. The van der Waals surface area contributed by atoms with Crippen molar-refractivity contribution in [3.8, 4) is 0 Å². The van der Waals surface area contributed by atoms with Crippen molar-refractivity contribution in [1.82, 2.24) is 4.98 Å². The van der Waals surface area contributed by atoms with Gasteiger partial charge in [0.2, 0.25) is 0 Å². The number of hydrogen-bond acceptors (Lipinski definition) is 2. The molecule has 1 N–H and O–H groups in total. The van der Waals surface area contributed by atoms with Crippen LogP contribution in [-0.4, -0.2) is 11.5 Å². The molecule has 3 heteroatoms. The molecule has 0 atom stereocenters. The third-order valence-corrected chi connectivity index (χ3v) is 4.00. The lowest BCUT2D eigenvalue weighted by Crippen LogP contribution is -2.24. The fourth-order valence-electron chi connectivity index (χ4n) is 2.74. The van der Waals surface area contributed by atoms with Crippen LogP contribution in [0.1, 0.15) is 19.4 Å². The number of fused-ring (bicyclic) bond motifs is 1. The molecule has 2 aromatic carbocycles. The summed E-state index contributed by atoms with van der Waals surface area (Å²) in [5.74, 6) is 0. The molecule has 112 valence electrons. The fourth-order valence-corrected chi connectivity index (χ4v) is 2.74. The van der Waals surface area contributed by atoms with Gasteiger partial charge in [-0.25, -0.2) is 0 Å². The zero-order chi connectivity index (χ0) is 15.5. The lowest BCUT2D eigenvalue weighted by atomic mass is 10.1. The summed E-state index contributed by atoms with van der Waals surface area (Å²) in [5.41, 5.74) is 3.84. The Morgan fingerprint density at radius 1 is 1.00 bits per heavy atom. The van der Waals surface area contributed by atoms with Crippen LogP contribution in [0.3, 0.4) is 0 Å². The molecule has 3 rings (SSSR count). The Morgan fingerprint density at radius 2 is 1.73 bits per heavy atom. The molecule has 0 aliphatic rings. The first-order valence-electron chi connectivity index (χ1n) is 7.71. The number of hydrogen-bond donors (Lipinski definition) is 1. The Hall–Kier alpha value is -2.55. The number of pyridine rings is 1. The Kier molecular flexibility index (Phi) is 3.96. The average molecular weight is 292 g/mol. The van der Waals surface area contributed by atoms with Crippen molar-refractivity contribution in [2.75, 3.05) is 11.4 Å². The van der Waals surface area contributed by atoms with Gasteiger partial charge < -0.3 is 9.88 Å². The number of anilines is 2. The van der Waals surface area contributed by atoms with E-state index in [9.17, 15) is 4.79 Å². The standard InChI is InChI=1S/C19H20N2O/c1-3-14-9-11-16(12-10-14)21(4-2)18-13-15-7-5-6-8-17(15)20-19(18)22/h5-13H,3-4H2,1-2H3,(H,20,22). The summed E-state index contributed by atoms with van der Waals surface area (Å²) in [5, 5.41) is 1.04. The third kappa shape index (κ3) is 2.62. The average Bonchev–Trinajstić information content (AvgIpc) is 2.56. The van der Waals surface area contributed by atoms with Gasteiger partial charge in [-0.15, -0.1) is 0 Å². The summed E-state index contributed by atoms with van der Waals surface area (Å²) in [6.45, 7) is 4.94. The Labute approximate surface area is 130 Å². The SMILES string of the molecule is CCc1ccc(N(CC)c2cc3ccccc3[nH]c2=O)cc1. The fraction of sp³-hybridized carbons (Fsp3) is 0.211. The molecule has 1 aromatic heterocycles. The van der Waals surface area contributed by atoms with E-state index in [4.69, 9.17) is 0 Å². The van der Waals surface area contributed by atoms with Crippen LogP contribution in [0.25, 0.3) is 10.9 Å². The van der Waals surface area contributed by atoms with E-state index in [0.717, 1.165) is 29.6 Å². The zero-order valence-electron chi connectivity index (χ0n) is 13.0. The van der Waals surface area contributed by atoms with Crippen LogP contribution in [0.4, 0.5) is 11.4 Å². The Morgan fingerprint density at radius 3 is 2.41 bits per heavy atom. The molecule has 0 radical (unpaired) electrons. The molecular weight excluding hydrogens is 272 g/mol. The second kappa shape index (κ2) is 6.06. The monoisotopic (exact) mass is 292 g/mol. The van der Waals surface area contributed by atoms with Crippen molar-refractivity contribution in [2.45, 2.75) is 20.3 Å². The molecule has 0 bridgehead atoms. The van der Waals surface area contributed by atoms with Crippen molar-refractivity contribution in [3.63, 3.8) is 0 Å². The molecule has 0 saturated carbocycles. The van der Waals surface area contributed by atoms with Crippen LogP contribution in [-0.2, 0) is 6.42 Å². The summed E-state index contributed by atoms with van der Waals surface area (Å²) >= 11 is 0. The van der Waals surface area contributed by atoms with Crippen LogP contribution >= 0.6 is 0 Å². The minimum absolute atomic E-state index is 0.0554. The number of aromatic amines is 1. The minimum atomic E-state index is -0.0554. The number of aromatic nitrogens is 1. The summed E-state index contributed by atoms with van der Waals surface area (Å²) < 4.78 is 0. The molecule has 0 unspecified atom stereocenters. The van der Waals surface area contributed by atoms with E-state index in [-0.39, 0.29) is 5.56 Å². The quantitative estimate of drug-likeness (QED) is 0.780. The van der Waals surface area contributed by atoms with Crippen LogP contribution < -0.4 is 10.5 Å². The van der Waals surface area contributed by atoms with Gasteiger partial charge in [0.1, 0.15) is 5.69 Å². The molecule has 0 amide bonds. The van der Waals surface area contributed by atoms with Crippen LogP contribution in [0, 0.1) is 0 Å². The lowest BCUT2D eigenvalue weighted by molar-refractivity contribution is 1.00. The summed E-state index contributed by atoms with van der Waals surface area (Å²) in [4.78, 5) is 17.4. The van der Waals surface area contributed by atoms with Gasteiger partial charge in [-0.05, 0) is 43.2 Å².